The van der Waals surface area contributed by atoms with Crippen molar-refractivity contribution in [1.82, 2.24) is 0 Å². The number of rotatable bonds is 3. The molecule has 0 aliphatic carbocycles. The van der Waals surface area contributed by atoms with E-state index in [0.717, 1.165) is 0 Å². The molecule has 0 atom stereocenters. The maximum atomic E-state index is 9.49. The van der Waals surface area contributed by atoms with Gasteiger partial charge in [-0.15, -0.1) is 0 Å². The van der Waals surface area contributed by atoms with Crippen LogP contribution in [-0.2, 0) is 9.47 Å². The minimum Gasteiger partial charge on any atom is -0.504 e. The van der Waals surface area contributed by atoms with Crippen LogP contribution in [0.1, 0.15) is 5.56 Å². The van der Waals surface area contributed by atoms with Gasteiger partial charge in [0.2, 0.25) is 0 Å². The number of nitrogens with zero attached hydrogens (tertiary/aromatic N) is 1. The van der Waals surface area contributed by atoms with E-state index in [1.807, 2.05) is 6.07 Å². The Kier molecular flexibility index (Phi) is 3.25. The molecule has 5 nitrogen and oxygen atoms in total. The third-order valence-electron chi connectivity index (χ3n) is 2.15. The summed E-state index contributed by atoms with van der Waals surface area (Å²) in [6.45, 7) is 1.30. The number of benzene rings is 1. The first kappa shape index (κ1) is 10.7. The Labute approximate surface area is 92.8 Å². The largest absolute Gasteiger partial charge is 0.504 e. The summed E-state index contributed by atoms with van der Waals surface area (Å²) in [5.41, 5.74) is 0.432. The fraction of sp³-hybridized carbons (Fsp3) is 0.364. The third-order valence-corrected chi connectivity index (χ3v) is 2.15. The molecule has 1 saturated heterocycles. The Bertz CT molecular complexity index is 407. The van der Waals surface area contributed by atoms with E-state index in [-0.39, 0.29) is 18.1 Å². The summed E-state index contributed by atoms with van der Waals surface area (Å²) in [5.74, 6) is 0.259. The maximum absolute atomic E-state index is 9.49. The van der Waals surface area contributed by atoms with Gasteiger partial charge >= 0.3 is 0 Å². The zero-order valence-electron chi connectivity index (χ0n) is 8.55. The van der Waals surface area contributed by atoms with Crippen LogP contribution in [0.2, 0.25) is 0 Å². The van der Waals surface area contributed by atoms with Crippen LogP contribution in [0.15, 0.2) is 18.2 Å². The molecule has 1 aliphatic heterocycles. The predicted molar refractivity (Wildman–Crippen MR) is 54.0 cm³/mol. The number of hydrogen-bond donors (Lipinski definition) is 1. The van der Waals surface area contributed by atoms with E-state index < -0.39 is 6.29 Å². The standard InChI is InChI=1S/C11H11NO4/c12-6-8-1-2-9(13)10(5-8)16-7-11-14-3-4-15-11/h1-2,5,11,13H,3-4,7H2. The first-order valence-corrected chi connectivity index (χ1v) is 4.89. The highest BCUT2D eigenvalue weighted by Gasteiger charge is 2.17. The van der Waals surface area contributed by atoms with E-state index in [0.29, 0.717) is 18.8 Å². The van der Waals surface area contributed by atoms with Crippen LogP contribution in [0.4, 0.5) is 0 Å². The second-order valence-electron chi connectivity index (χ2n) is 3.28. The summed E-state index contributed by atoms with van der Waals surface area (Å²) < 4.78 is 15.7. The van der Waals surface area contributed by atoms with Gasteiger partial charge in [-0.1, -0.05) is 0 Å². The van der Waals surface area contributed by atoms with Crippen LogP contribution < -0.4 is 4.74 Å². The number of nitriles is 1. The quantitative estimate of drug-likeness (QED) is 0.824. The normalized spacial score (nSPS) is 15.9. The predicted octanol–water partition coefficient (Wildman–Crippen LogP) is 1.02. The van der Waals surface area contributed by atoms with Gasteiger partial charge in [0.05, 0.1) is 24.8 Å². The van der Waals surface area contributed by atoms with Crippen molar-refractivity contribution in [3.63, 3.8) is 0 Å². The zero-order valence-corrected chi connectivity index (χ0v) is 8.55. The van der Waals surface area contributed by atoms with Gasteiger partial charge in [-0.3, -0.25) is 0 Å². The van der Waals surface area contributed by atoms with Crippen molar-refractivity contribution in [2.75, 3.05) is 19.8 Å². The van der Waals surface area contributed by atoms with Crippen LogP contribution >= 0.6 is 0 Å². The zero-order chi connectivity index (χ0) is 11.4. The number of ether oxygens (including phenoxy) is 3. The Morgan fingerprint density at radius 2 is 2.19 bits per heavy atom. The molecule has 1 N–H and O–H groups in total. The van der Waals surface area contributed by atoms with Crippen molar-refractivity contribution in [3.8, 4) is 17.6 Å². The molecule has 0 spiro atoms. The molecule has 0 unspecified atom stereocenters. The number of aromatic hydroxyl groups is 1. The molecule has 1 aromatic carbocycles. The smallest absolute Gasteiger partial charge is 0.191 e. The first-order valence-electron chi connectivity index (χ1n) is 4.89. The molecular formula is C11H11NO4. The van der Waals surface area contributed by atoms with Gasteiger partial charge in [0, 0.05) is 6.07 Å². The highest BCUT2D eigenvalue weighted by atomic mass is 16.7. The molecular weight excluding hydrogens is 210 g/mol. The summed E-state index contributed by atoms with van der Waals surface area (Å²) >= 11 is 0. The van der Waals surface area contributed by atoms with Gasteiger partial charge in [-0.2, -0.15) is 5.26 Å². The van der Waals surface area contributed by atoms with Crippen molar-refractivity contribution in [3.05, 3.63) is 23.8 Å². The molecule has 0 radical (unpaired) electrons. The van der Waals surface area contributed by atoms with Gasteiger partial charge < -0.3 is 19.3 Å². The molecule has 5 heteroatoms. The lowest BCUT2D eigenvalue weighted by atomic mass is 10.2. The fourth-order valence-corrected chi connectivity index (χ4v) is 1.36. The van der Waals surface area contributed by atoms with Crippen molar-refractivity contribution < 1.29 is 19.3 Å². The fourth-order valence-electron chi connectivity index (χ4n) is 1.36. The van der Waals surface area contributed by atoms with Crippen LogP contribution in [0, 0.1) is 11.3 Å². The molecule has 1 fully saturated rings. The van der Waals surface area contributed by atoms with Crippen molar-refractivity contribution >= 4 is 0 Å². The van der Waals surface area contributed by atoms with Gasteiger partial charge in [0.1, 0.15) is 6.61 Å². The monoisotopic (exact) mass is 221 g/mol. The molecule has 0 saturated carbocycles. The maximum Gasteiger partial charge on any atom is 0.191 e. The van der Waals surface area contributed by atoms with E-state index >= 15 is 0 Å². The van der Waals surface area contributed by atoms with Crippen molar-refractivity contribution in [1.29, 1.82) is 5.26 Å². The molecule has 16 heavy (non-hydrogen) atoms. The summed E-state index contributed by atoms with van der Waals surface area (Å²) in [6.07, 6.45) is -0.398. The van der Waals surface area contributed by atoms with E-state index in [1.54, 1.807) is 0 Å². The Hall–Kier alpha value is -1.77. The van der Waals surface area contributed by atoms with Gasteiger partial charge in [-0.25, -0.2) is 0 Å². The number of phenols is 1. The second-order valence-corrected chi connectivity index (χ2v) is 3.28. The minimum absolute atomic E-state index is 0.00278. The number of hydrogen-bond acceptors (Lipinski definition) is 5. The molecule has 1 heterocycles. The topological polar surface area (TPSA) is 71.7 Å². The highest BCUT2D eigenvalue weighted by Crippen LogP contribution is 2.26. The third kappa shape index (κ3) is 2.42. The van der Waals surface area contributed by atoms with Gasteiger partial charge in [0.25, 0.3) is 0 Å². The summed E-state index contributed by atoms with van der Waals surface area (Å²) in [4.78, 5) is 0. The average molecular weight is 221 g/mol. The number of phenolic OH excluding ortho intramolecular Hbond substituents is 1. The van der Waals surface area contributed by atoms with Crippen LogP contribution in [0.3, 0.4) is 0 Å². The Balaban J connectivity index is 2.00. The SMILES string of the molecule is N#Cc1ccc(O)c(OCC2OCCO2)c1. The lowest BCUT2D eigenvalue weighted by molar-refractivity contribution is -0.0687. The molecule has 1 aliphatic rings. The van der Waals surface area contributed by atoms with Crippen LogP contribution in [0.25, 0.3) is 0 Å². The van der Waals surface area contributed by atoms with Gasteiger partial charge in [-0.05, 0) is 12.1 Å². The molecule has 84 valence electrons. The Morgan fingerprint density at radius 1 is 1.44 bits per heavy atom. The summed E-state index contributed by atoms with van der Waals surface area (Å²) in [7, 11) is 0. The average Bonchev–Trinajstić information content (AvgIpc) is 2.81. The lowest BCUT2D eigenvalue weighted by Gasteiger charge is -2.12. The van der Waals surface area contributed by atoms with E-state index in [2.05, 4.69) is 0 Å². The lowest BCUT2D eigenvalue weighted by Crippen LogP contribution is -2.18. The first-order chi connectivity index (χ1) is 7.79. The van der Waals surface area contributed by atoms with Gasteiger partial charge in [0.15, 0.2) is 17.8 Å². The molecule has 0 aromatic heterocycles. The molecule has 2 rings (SSSR count). The van der Waals surface area contributed by atoms with E-state index in [9.17, 15) is 5.11 Å². The summed E-state index contributed by atoms with van der Waals surface area (Å²) in [6, 6.07) is 6.38. The molecule has 0 bridgehead atoms. The molecule has 0 amide bonds. The highest BCUT2D eigenvalue weighted by molar-refractivity contribution is 5.45. The van der Waals surface area contributed by atoms with Crippen molar-refractivity contribution in [2.45, 2.75) is 6.29 Å². The Morgan fingerprint density at radius 3 is 2.88 bits per heavy atom. The summed E-state index contributed by atoms with van der Waals surface area (Å²) in [5, 5.41) is 18.2. The minimum atomic E-state index is -0.398. The molecule has 1 aromatic rings. The van der Waals surface area contributed by atoms with Crippen molar-refractivity contribution in [2.24, 2.45) is 0 Å². The second kappa shape index (κ2) is 4.84. The van der Waals surface area contributed by atoms with E-state index in [4.69, 9.17) is 19.5 Å². The van der Waals surface area contributed by atoms with Crippen LogP contribution in [0.5, 0.6) is 11.5 Å². The van der Waals surface area contributed by atoms with E-state index in [1.165, 1.54) is 18.2 Å². The van der Waals surface area contributed by atoms with Crippen LogP contribution in [-0.4, -0.2) is 31.2 Å².